The molecule has 0 bridgehead atoms. The molecule has 0 spiro atoms. The molecule has 1 aliphatic carbocycles. The first-order valence-electron chi connectivity index (χ1n) is 7.35. The van der Waals surface area contributed by atoms with E-state index in [9.17, 15) is 12.8 Å². The van der Waals surface area contributed by atoms with Crippen LogP contribution in [0.4, 0.5) is 10.1 Å². The van der Waals surface area contributed by atoms with Crippen LogP contribution in [0.1, 0.15) is 38.2 Å². The van der Waals surface area contributed by atoms with E-state index in [1.54, 1.807) is 0 Å². The van der Waals surface area contributed by atoms with E-state index >= 15 is 0 Å². The number of hydrogen-bond donors (Lipinski definition) is 2. The molecule has 21 heavy (non-hydrogen) atoms. The third-order valence-electron chi connectivity index (χ3n) is 4.28. The van der Waals surface area contributed by atoms with Crippen LogP contribution in [0.5, 0.6) is 0 Å². The summed E-state index contributed by atoms with van der Waals surface area (Å²) in [6.07, 6.45) is 4.42. The Bertz CT molecular complexity index is 593. The molecule has 0 aliphatic heterocycles. The third kappa shape index (κ3) is 3.95. The van der Waals surface area contributed by atoms with Gasteiger partial charge in [0.05, 0.1) is 4.90 Å². The molecular formula is C15H23FN2O2S. The lowest BCUT2D eigenvalue weighted by Gasteiger charge is -2.26. The number of benzene rings is 1. The van der Waals surface area contributed by atoms with Crippen LogP contribution in [0, 0.1) is 24.6 Å². The summed E-state index contributed by atoms with van der Waals surface area (Å²) < 4.78 is 40.7. The quantitative estimate of drug-likeness (QED) is 0.839. The zero-order valence-electron chi connectivity index (χ0n) is 12.5. The van der Waals surface area contributed by atoms with Gasteiger partial charge in [0.15, 0.2) is 0 Å². The van der Waals surface area contributed by atoms with Crippen molar-refractivity contribution >= 4 is 15.7 Å². The van der Waals surface area contributed by atoms with Crippen molar-refractivity contribution < 1.29 is 12.8 Å². The highest BCUT2D eigenvalue weighted by Crippen LogP contribution is 2.28. The summed E-state index contributed by atoms with van der Waals surface area (Å²) in [6.45, 7) is 4.12. The van der Waals surface area contributed by atoms with Crippen LogP contribution in [0.3, 0.4) is 0 Å². The van der Waals surface area contributed by atoms with Crippen molar-refractivity contribution in [2.75, 3.05) is 12.3 Å². The van der Waals surface area contributed by atoms with Crippen molar-refractivity contribution in [1.82, 2.24) is 4.72 Å². The maximum atomic E-state index is 13.6. The van der Waals surface area contributed by atoms with Gasteiger partial charge in [-0.3, -0.25) is 0 Å². The molecule has 1 fully saturated rings. The lowest BCUT2D eigenvalue weighted by atomic mass is 9.83. The van der Waals surface area contributed by atoms with Gasteiger partial charge < -0.3 is 5.73 Å². The van der Waals surface area contributed by atoms with Crippen molar-refractivity contribution in [2.24, 2.45) is 11.8 Å². The van der Waals surface area contributed by atoms with Gasteiger partial charge in [-0.1, -0.05) is 19.8 Å². The molecule has 1 aliphatic rings. The van der Waals surface area contributed by atoms with Crippen molar-refractivity contribution in [3.05, 3.63) is 23.5 Å². The summed E-state index contributed by atoms with van der Waals surface area (Å²) in [4.78, 5) is -0.105. The standard InChI is InChI=1S/C15H23FN2O2S/c1-10-4-3-5-12(6-10)9-18-21(19,20)13-7-14(16)11(2)15(17)8-13/h7-8,10,12,18H,3-6,9,17H2,1-2H3. The second-order valence-electron chi connectivity index (χ2n) is 6.11. The number of halogens is 1. The maximum Gasteiger partial charge on any atom is 0.240 e. The van der Waals surface area contributed by atoms with E-state index < -0.39 is 15.8 Å². The average Bonchev–Trinajstić information content (AvgIpc) is 2.42. The van der Waals surface area contributed by atoms with E-state index in [2.05, 4.69) is 11.6 Å². The highest BCUT2D eigenvalue weighted by molar-refractivity contribution is 7.89. The molecule has 2 unspecified atom stereocenters. The van der Waals surface area contributed by atoms with Crippen LogP contribution >= 0.6 is 0 Å². The SMILES string of the molecule is Cc1c(N)cc(S(=O)(=O)NCC2CCCC(C)C2)cc1F. The molecule has 1 aromatic rings. The Hall–Kier alpha value is -1.14. The largest absolute Gasteiger partial charge is 0.398 e. The summed E-state index contributed by atoms with van der Waals surface area (Å²) in [5.74, 6) is 0.401. The highest BCUT2D eigenvalue weighted by atomic mass is 32.2. The smallest absolute Gasteiger partial charge is 0.240 e. The first-order valence-corrected chi connectivity index (χ1v) is 8.83. The summed E-state index contributed by atoms with van der Waals surface area (Å²) in [7, 11) is -3.71. The first kappa shape index (κ1) is 16.2. The minimum atomic E-state index is -3.71. The minimum absolute atomic E-state index is 0.105. The van der Waals surface area contributed by atoms with E-state index in [1.807, 2.05) is 0 Å². The number of nitrogens with one attached hydrogen (secondary N) is 1. The zero-order chi connectivity index (χ0) is 15.6. The lowest BCUT2D eigenvalue weighted by Crippen LogP contribution is -2.31. The fourth-order valence-electron chi connectivity index (χ4n) is 2.89. The van der Waals surface area contributed by atoms with Crippen LogP contribution in [0.15, 0.2) is 17.0 Å². The predicted octanol–water partition coefficient (Wildman–Crippen LogP) is 2.82. The monoisotopic (exact) mass is 314 g/mol. The van der Waals surface area contributed by atoms with Gasteiger partial charge in [0, 0.05) is 17.8 Å². The molecule has 1 aromatic carbocycles. The van der Waals surface area contributed by atoms with E-state index in [1.165, 1.54) is 19.4 Å². The molecule has 0 aromatic heterocycles. The fraction of sp³-hybridized carbons (Fsp3) is 0.600. The van der Waals surface area contributed by atoms with Gasteiger partial charge in [-0.05, 0) is 43.7 Å². The Morgan fingerprint density at radius 1 is 1.38 bits per heavy atom. The summed E-state index contributed by atoms with van der Waals surface area (Å²) >= 11 is 0. The Kier molecular flexibility index (Phi) is 4.88. The van der Waals surface area contributed by atoms with Gasteiger partial charge in [-0.15, -0.1) is 0 Å². The number of nitrogen functional groups attached to an aromatic ring is 1. The second kappa shape index (κ2) is 6.32. The van der Waals surface area contributed by atoms with Crippen LogP contribution < -0.4 is 10.5 Å². The van der Waals surface area contributed by atoms with E-state index in [-0.39, 0.29) is 16.1 Å². The highest BCUT2D eigenvalue weighted by Gasteiger charge is 2.22. The van der Waals surface area contributed by atoms with Crippen LogP contribution in [0.2, 0.25) is 0 Å². The van der Waals surface area contributed by atoms with Crippen molar-refractivity contribution in [3.63, 3.8) is 0 Å². The van der Waals surface area contributed by atoms with Crippen molar-refractivity contribution in [2.45, 2.75) is 44.4 Å². The Balaban J connectivity index is 2.08. The molecule has 0 heterocycles. The number of rotatable bonds is 4. The Morgan fingerprint density at radius 2 is 2.10 bits per heavy atom. The van der Waals surface area contributed by atoms with Crippen LogP contribution in [-0.2, 0) is 10.0 Å². The molecule has 0 amide bonds. The molecule has 3 N–H and O–H groups in total. The van der Waals surface area contributed by atoms with Gasteiger partial charge >= 0.3 is 0 Å². The normalized spacial score (nSPS) is 23.2. The first-order chi connectivity index (χ1) is 9.79. The summed E-state index contributed by atoms with van der Waals surface area (Å²) in [5.41, 5.74) is 6.07. The second-order valence-corrected chi connectivity index (χ2v) is 7.88. The minimum Gasteiger partial charge on any atom is -0.398 e. The number of nitrogens with two attached hydrogens (primary N) is 1. The number of hydrogen-bond acceptors (Lipinski definition) is 3. The van der Waals surface area contributed by atoms with E-state index in [0.29, 0.717) is 18.4 Å². The van der Waals surface area contributed by atoms with Crippen LogP contribution in [0.25, 0.3) is 0 Å². The predicted molar refractivity (Wildman–Crippen MR) is 81.9 cm³/mol. The fourth-order valence-corrected chi connectivity index (χ4v) is 4.05. The summed E-state index contributed by atoms with van der Waals surface area (Å²) in [5, 5.41) is 0. The van der Waals surface area contributed by atoms with Gasteiger partial charge in [0.25, 0.3) is 0 Å². The maximum absolute atomic E-state index is 13.6. The molecule has 0 saturated heterocycles. The number of sulfonamides is 1. The Morgan fingerprint density at radius 3 is 2.71 bits per heavy atom. The summed E-state index contributed by atoms with van der Waals surface area (Å²) in [6, 6.07) is 2.34. The van der Waals surface area contributed by atoms with Gasteiger partial charge in [-0.2, -0.15) is 0 Å². The zero-order valence-corrected chi connectivity index (χ0v) is 13.3. The molecular weight excluding hydrogens is 291 g/mol. The average molecular weight is 314 g/mol. The van der Waals surface area contributed by atoms with Crippen LogP contribution in [-0.4, -0.2) is 15.0 Å². The molecule has 4 nitrogen and oxygen atoms in total. The van der Waals surface area contributed by atoms with Gasteiger partial charge in [-0.25, -0.2) is 17.5 Å². The lowest BCUT2D eigenvalue weighted by molar-refractivity contribution is 0.283. The molecule has 118 valence electrons. The van der Waals surface area contributed by atoms with Crippen molar-refractivity contribution in [1.29, 1.82) is 0 Å². The molecule has 0 radical (unpaired) electrons. The van der Waals surface area contributed by atoms with Gasteiger partial charge in [0.2, 0.25) is 10.0 Å². The molecule has 2 rings (SSSR count). The van der Waals surface area contributed by atoms with E-state index in [4.69, 9.17) is 5.73 Å². The van der Waals surface area contributed by atoms with Crippen molar-refractivity contribution in [3.8, 4) is 0 Å². The Labute approximate surface area is 126 Å². The number of anilines is 1. The molecule has 6 heteroatoms. The topological polar surface area (TPSA) is 72.2 Å². The van der Waals surface area contributed by atoms with E-state index in [0.717, 1.165) is 25.3 Å². The molecule has 2 atom stereocenters. The third-order valence-corrected chi connectivity index (χ3v) is 5.68. The molecule has 1 saturated carbocycles. The van der Waals surface area contributed by atoms with Gasteiger partial charge in [0.1, 0.15) is 5.82 Å².